The number of anilines is 1. The molecule has 1 aromatic rings. The fourth-order valence-electron chi connectivity index (χ4n) is 2.51. The molecular weight excluding hydrogens is 250 g/mol. The Hall–Kier alpha value is -1.55. The van der Waals surface area contributed by atoms with Gasteiger partial charge in [-0.1, -0.05) is 19.1 Å². The van der Waals surface area contributed by atoms with Crippen molar-refractivity contribution in [1.82, 2.24) is 9.80 Å². The molecule has 1 aliphatic rings. The van der Waals surface area contributed by atoms with E-state index in [1.54, 1.807) is 0 Å². The number of carbonyl (C=O) groups is 1. The van der Waals surface area contributed by atoms with E-state index in [4.69, 9.17) is 0 Å². The van der Waals surface area contributed by atoms with Crippen molar-refractivity contribution in [2.75, 3.05) is 51.7 Å². The predicted molar refractivity (Wildman–Crippen MR) is 83.2 cm³/mol. The van der Waals surface area contributed by atoms with E-state index < -0.39 is 0 Å². The van der Waals surface area contributed by atoms with Gasteiger partial charge in [0.05, 0.1) is 6.42 Å². The second kappa shape index (κ2) is 6.75. The maximum absolute atomic E-state index is 12.3. The van der Waals surface area contributed by atoms with Crippen LogP contribution in [0.5, 0.6) is 0 Å². The van der Waals surface area contributed by atoms with E-state index in [0.717, 1.165) is 44.0 Å². The van der Waals surface area contributed by atoms with Crippen molar-refractivity contribution in [3.05, 3.63) is 29.8 Å². The average molecular weight is 275 g/mol. The number of likely N-dealkylation sites (N-methyl/N-ethyl adjacent to an activating group) is 1. The largest absolute Gasteiger partial charge is 0.378 e. The third kappa shape index (κ3) is 3.73. The van der Waals surface area contributed by atoms with Crippen molar-refractivity contribution in [2.24, 2.45) is 0 Å². The second-order valence-electron chi connectivity index (χ2n) is 5.55. The summed E-state index contributed by atoms with van der Waals surface area (Å²) in [7, 11) is 4.04. The molecular formula is C16H25N3O. The third-order valence-electron chi connectivity index (χ3n) is 3.98. The fourth-order valence-corrected chi connectivity index (χ4v) is 2.51. The summed E-state index contributed by atoms with van der Waals surface area (Å²) in [6.45, 7) is 6.98. The van der Waals surface area contributed by atoms with Crippen LogP contribution >= 0.6 is 0 Å². The van der Waals surface area contributed by atoms with Crippen LogP contribution in [0, 0.1) is 0 Å². The zero-order chi connectivity index (χ0) is 14.5. The Balaban J connectivity index is 1.88. The Morgan fingerprint density at radius 1 is 1.10 bits per heavy atom. The highest BCUT2D eigenvalue weighted by atomic mass is 16.2. The summed E-state index contributed by atoms with van der Waals surface area (Å²) in [5.74, 6) is 0.248. The van der Waals surface area contributed by atoms with Gasteiger partial charge < -0.3 is 14.7 Å². The number of hydrogen-bond acceptors (Lipinski definition) is 3. The molecule has 0 radical (unpaired) electrons. The van der Waals surface area contributed by atoms with Crippen LogP contribution in [0.3, 0.4) is 0 Å². The van der Waals surface area contributed by atoms with Gasteiger partial charge in [-0.2, -0.15) is 0 Å². The number of nitrogens with zero attached hydrogens (tertiary/aromatic N) is 3. The molecule has 1 aromatic carbocycles. The summed E-state index contributed by atoms with van der Waals surface area (Å²) in [6.07, 6.45) is 0.514. The minimum atomic E-state index is 0.248. The molecule has 1 saturated heterocycles. The molecule has 0 saturated carbocycles. The molecule has 0 N–H and O–H groups in total. The van der Waals surface area contributed by atoms with Crippen LogP contribution in [-0.4, -0.2) is 62.5 Å². The Morgan fingerprint density at radius 3 is 2.20 bits per heavy atom. The lowest BCUT2D eigenvalue weighted by Crippen LogP contribution is -2.48. The van der Waals surface area contributed by atoms with Gasteiger partial charge in [-0.25, -0.2) is 0 Å². The molecule has 0 bridgehead atoms. The highest BCUT2D eigenvalue weighted by Crippen LogP contribution is 2.13. The number of benzene rings is 1. The highest BCUT2D eigenvalue weighted by Gasteiger charge is 2.19. The molecule has 1 heterocycles. The Labute approximate surface area is 122 Å². The number of amides is 1. The van der Waals surface area contributed by atoms with Crippen molar-refractivity contribution in [3.8, 4) is 0 Å². The first-order valence-electron chi connectivity index (χ1n) is 7.36. The second-order valence-corrected chi connectivity index (χ2v) is 5.55. The molecule has 0 spiro atoms. The summed E-state index contributed by atoms with van der Waals surface area (Å²) in [6, 6.07) is 8.24. The van der Waals surface area contributed by atoms with Crippen molar-refractivity contribution in [1.29, 1.82) is 0 Å². The van der Waals surface area contributed by atoms with Gasteiger partial charge >= 0.3 is 0 Å². The molecule has 0 unspecified atom stereocenters. The smallest absolute Gasteiger partial charge is 0.227 e. The van der Waals surface area contributed by atoms with Crippen LogP contribution in [0.25, 0.3) is 0 Å². The van der Waals surface area contributed by atoms with Crippen LogP contribution < -0.4 is 4.90 Å². The molecule has 1 amide bonds. The summed E-state index contributed by atoms with van der Waals surface area (Å²) in [5.41, 5.74) is 2.26. The normalized spacial score (nSPS) is 16.2. The Bertz CT molecular complexity index is 434. The maximum Gasteiger partial charge on any atom is 0.227 e. The van der Waals surface area contributed by atoms with E-state index in [2.05, 4.69) is 41.0 Å². The molecule has 4 nitrogen and oxygen atoms in total. The number of carbonyl (C=O) groups excluding carboxylic acids is 1. The van der Waals surface area contributed by atoms with Crippen molar-refractivity contribution < 1.29 is 4.79 Å². The van der Waals surface area contributed by atoms with Crippen molar-refractivity contribution >= 4 is 11.6 Å². The standard InChI is InChI=1S/C16H25N3O/c1-4-18-9-11-19(12-10-18)16(20)13-14-5-7-15(8-6-14)17(2)3/h5-8H,4,9-13H2,1-3H3. The van der Waals surface area contributed by atoms with Gasteiger partial charge in [-0.05, 0) is 24.2 Å². The molecule has 2 rings (SSSR count). The van der Waals surface area contributed by atoms with Crippen LogP contribution in [0.15, 0.2) is 24.3 Å². The van der Waals surface area contributed by atoms with E-state index in [9.17, 15) is 4.79 Å². The van der Waals surface area contributed by atoms with Crippen LogP contribution in [-0.2, 0) is 11.2 Å². The van der Waals surface area contributed by atoms with Gasteiger partial charge in [0.1, 0.15) is 0 Å². The van der Waals surface area contributed by atoms with Gasteiger partial charge in [-0.3, -0.25) is 4.79 Å². The topological polar surface area (TPSA) is 26.8 Å². The quantitative estimate of drug-likeness (QED) is 0.832. The first kappa shape index (κ1) is 14.9. The molecule has 4 heteroatoms. The summed E-state index contributed by atoms with van der Waals surface area (Å²) < 4.78 is 0. The first-order chi connectivity index (χ1) is 9.60. The van der Waals surface area contributed by atoms with Crippen molar-refractivity contribution in [2.45, 2.75) is 13.3 Å². The van der Waals surface area contributed by atoms with Crippen LogP contribution in [0.1, 0.15) is 12.5 Å². The molecule has 110 valence electrons. The monoisotopic (exact) mass is 275 g/mol. The van der Waals surface area contributed by atoms with Gasteiger partial charge in [0.15, 0.2) is 0 Å². The van der Waals surface area contributed by atoms with Crippen LogP contribution in [0.2, 0.25) is 0 Å². The van der Waals surface area contributed by atoms with E-state index in [1.165, 1.54) is 0 Å². The van der Waals surface area contributed by atoms with Crippen LogP contribution in [0.4, 0.5) is 5.69 Å². The van der Waals surface area contributed by atoms with E-state index in [1.807, 2.05) is 19.0 Å². The van der Waals surface area contributed by atoms with E-state index in [-0.39, 0.29) is 5.91 Å². The van der Waals surface area contributed by atoms with Gasteiger partial charge in [0, 0.05) is 46.0 Å². The average Bonchev–Trinajstić information content (AvgIpc) is 2.48. The summed E-state index contributed by atoms with van der Waals surface area (Å²) in [5, 5.41) is 0. The summed E-state index contributed by atoms with van der Waals surface area (Å²) in [4.78, 5) is 18.7. The zero-order valence-corrected chi connectivity index (χ0v) is 12.8. The van der Waals surface area contributed by atoms with Gasteiger partial charge in [0.25, 0.3) is 0 Å². The molecule has 20 heavy (non-hydrogen) atoms. The SMILES string of the molecule is CCN1CCN(C(=O)Cc2ccc(N(C)C)cc2)CC1. The maximum atomic E-state index is 12.3. The molecule has 1 fully saturated rings. The number of piperazine rings is 1. The molecule has 0 aliphatic carbocycles. The first-order valence-corrected chi connectivity index (χ1v) is 7.36. The van der Waals surface area contributed by atoms with E-state index in [0.29, 0.717) is 6.42 Å². The van der Waals surface area contributed by atoms with E-state index >= 15 is 0 Å². The lowest BCUT2D eigenvalue weighted by Gasteiger charge is -2.34. The molecule has 0 atom stereocenters. The highest BCUT2D eigenvalue weighted by molar-refractivity contribution is 5.79. The lowest BCUT2D eigenvalue weighted by molar-refractivity contribution is -0.132. The Morgan fingerprint density at radius 2 is 1.70 bits per heavy atom. The molecule has 1 aliphatic heterocycles. The predicted octanol–water partition coefficient (Wildman–Crippen LogP) is 1.46. The fraction of sp³-hybridized carbons (Fsp3) is 0.562. The van der Waals surface area contributed by atoms with Crippen molar-refractivity contribution in [3.63, 3.8) is 0 Å². The van der Waals surface area contributed by atoms with Gasteiger partial charge in [-0.15, -0.1) is 0 Å². The molecule has 0 aromatic heterocycles. The minimum absolute atomic E-state index is 0.248. The number of hydrogen-bond donors (Lipinski definition) is 0. The minimum Gasteiger partial charge on any atom is -0.378 e. The zero-order valence-electron chi connectivity index (χ0n) is 12.8. The Kier molecular flexibility index (Phi) is 5.01. The lowest BCUT2D eigenvalue weighted by atomic mass is 10.1. The van der Waals surface area contributed by atoms with Gasteiger partial charge in [0.2, 0.25) is 5.91 Å². The number of rotatable bonds is 4. The third-order valence-corrected chi connectivity index (χ3v) is 3.98. The summed E-state index contributed by atoms with van der Waals surface area (Å²) >= 11 is 0.